The molecule has 1 unspecified atom stereocenters. The first-order valence-electron chi connectivity index (χ1n) is 8.85. The Morgan fingerprint density at radius 1 is 0.966 bits per heavy atom. The average molecular weight is 426 g/mol. The van der Waals surface area contributed by atoms with Crippen LogP contribution in [0.5, 0.6) is 11.5 Å². The summed E-state index contributed by atoms with van der Waals surface area (Å²) >= 11 is 12.8. The number of ether oxygens (including phenoxy) is 1. The number of nitrogens with one attached hydrogen (secondary N) is 1. The third-order valence-corrected chi connectivity index (χ3v) is 5.16. The predicted octanol–water partition coefficient (Wildman–Crippen LogP) is 5.85. The molecule has 2 aromatic carbocycles. The molecule has 0 aliphatic carbocycles. The highest BCUT2D eigenvalue weighted by Crippen LogP contribution is 2.42. The Kier molecular flexibility index (Phi) is 5.43. The topological polar surface area (TPSA) is 67.3 Å². The van der Waals surface area contributed by atoms with Crippen molar-refractivity contribution in [3.63, 3.8) is 0 Å². The molecule has 0 bridgehead atoms. The minimum atomic E-state index is -0.539. The van der Waals surface area contributed by atoms with E-state index in [0.29, 0.717) is 38.1 Å². The largest absolute Gasteiger partial charge is 0.505 e. The Morgan fingerprint density at radius 2 is 1.79 bits per heavy atom. The number of phenols is 1. The molecular formula is C22H17Cl2N3O2. The van der Waals surface area contributed by atoms with Crippen LogP contribution in [0.3, 0.4) is 0 Å². The lowest BCUT2D eigenvalue weighted by Crippen LogP contribution is -2.15. The fraction of sp³-hybridized carbons (Fsp3) is 0.0909. The molecule has 4 aromatic rings. The number of phenolic OH excluding ortho intramolecular Hbond substituents is 1. The number of anilines is 1. The highest BCUT2D eigenvalue weighted by atomic mass is 35.5. The molecule has 0 amide bonds. The first-order chi connectivity index (χ1) is 14.1. The minimum Gasteiger partial charge on any atom is -0.505 e. The van der Waals surface area contributed by atoms with E-state index in [1.165, 1.54) is 0 Å². The molecule has 0 spiro atoms. The van der Waals surface area contributed by atoms with Crippen molar-refractivity contribution < 1.29 is 9.84 Å². The molecule has 29 heavy (non-hydrogen) atoms. The summed E-state index contributed by atoms with van der Waals surface area (Å²) in [5.41, 5.74) is 1.68. The number of halogens is 2. The van der Waals surface area contributed by atoms with Gasteiger partial charge in [0.05, 0.1) is 18.2 Å². The molecule has 2 N–H and O–H groups in total. The lowest BCUT2D eigenvalue weighted by Gasteiger charge is -2.24. The molecule has 0 saturated carbocycles. The lowest BCUT2D eigenvalue weighted by molar-refractivity contribution is 0.408. The average Bonchev–Trinajstić information content (AvgIpc) is 2.75. The monoisotopic (exact) mass is 425 g/mol. The number of nitrogens with zero attached hydrogens (tertiary/aromatic N) is 2. The second-order valence-electron chi connectivity index (χ2n) is 6.37. The van der Waals surface area contributed by atoms with Crippen molar-refractivity contribution in [3.05, 3.63) is 88.2 Å². The molecule has 0 fully saturated rings. The van der Waals surface area contributed by atoms with E-state index >= 15 is 0 Å². The summed E-state index contributed by atoms with van der Waals surface area (Å²) < 4.78 is 5.55. The normalized spacial score (nSPS) is 12.0. The van der Waals surface area contributed by atoms with Crippen LogP contribution in [0.2, 0.25) is 10.0 Å². The van der Waals surface area contributed by atoms with Crippen molar-refractivity contribution in [3.8, 4) is 11.5 Å². The number of fused-ring (bicyclic) bond motifs is 1. The van der Waals surface area contributed by atoms with Gasteiger partial charge in [-0.2, -0.15) is 0 Å². The van der Waals surface area contributed by atoms with Crippen LogP contribution in [0.25, 0.3) is 10.9 Å². The van der Waals surface area contributed by atoms with Crippen molar-refractivity contribution in [2.45, 2.75) is 6.04 Å². The zero-order valence-corrected chi connectivity index (χ0v) is 16.9. The van der Waals surface area contributed by atoms with E-state index in [4.69, 9.17) is 27.9 Å². The Labute approximate surface area is 177 Å². The van der Waals surface area contributed by atoms with Crippen molar-refractivity contribution in [2.24, 2.45) is 0 Å². The van der Waals surface area contributed by atoms with Gasteiger partial charge in [0.15, 0.2) is 0 Å². The first kappa shape index (κ1) is 19.3. The Morgan fingerprint density at radius 3 is 2.55 bits per heavy atom. The van der Waals surface area contributed by atoms with Crippen molar-refractivity contribution in [1.29, 1.82) is 0 Å². The zero-order chi connectivity index (χ0) is 20.4. The molecule has 146 valence electrons. The maximum atomic E-state index is 11.1. The third-order valence-electron chi connectivity index (χ3n) is 4.62. The molecule has 0 saturated heterocycles. The summed E-state index contributed by atoms with van der Waals surface area (Å²) in [7, 11) is 1.58. The fourth-order valence-corrected chi connectivity index (χ4v) is 3.73. The van der Waals surface area contributed by atoms with Gasteiger partial charge < -0.3 is 15.2 Å². The van der Waals surface area contributed by atoms with Crippen LogP contribution in [0.15, 0.2) is 67.0 Å². The van der Waals surface area contributed by atoms with Crippen LogP contribution < -0.4 is 10.1 Å². The molecule has 1 atom stereocenters. The lowest BCUT2D eigenvalue weighted by atomic mass is 9.95. The van der Waals surface area contributed by atoms with Crippen molar-refractivity contribution >= 4 is 39.9 Å². The van der Waals surface area contributed by atoms with E-state index in [0.717, 1.165) is 5.56 Å². The molecule has 2 aromatic heterocycles. The van der Waals surface area contributed by atoms with Crippen LogP contribution >= 0.6 is 23.2 Å². The predicted molar refractivity (Wildman–Crippen MR) is 116 cm³/mol. The van der Waals surface area contributed by atoms with Gasteiger partial charge in [0, 0.05) is 33.9 Å². The molecule has 4 rings (SSSR count). The van der Waals surface area contributed by atoms with E-state index < -0.39 is 6.04 Å². The first-order valence-corrected chi connectivity index (χ1v) is 9.61. The number of aromatic nitrogens is 2. The van der Waals surface area contributed by atoms with Gasteiger partial charge in [0.2, 0.25) is 0 Å². The quantitative estimate of drug-likeness (QED) is 0.419. The highest BCUT2D eigenvalue weighted by molar-refractivity contribution is 6.35. The Hall–Kier alpha value is -3.02. The van der Waals surface area contributed by atoms with E-state index in [1.807, 2.05) is 24.3 Å². The number of hydrogen-bond acceptors (Lipinski definition) is 5. The molecule has 7 heteroatoms. The van der Waals surface area contributed by atoms with Gasteiger partial charge in [-0.15, -0.1) is 0 Å². The zero-order valence-electron chi connectivity index (χ0n) is 15.4. The van der Waals surface area contributed by atoms with Crippen molar-refractivity contribution in [1.82, 2.24) is 9.97 Å². The van der Waals surface area contributed by atoms with E-state index in [9.17, 15) is 5.11 Å². The van der Waals surface area contributed by atoms with Gasteiger partial charge in [-0.1, -0.05) is 29.3 Å². The molecule has 5 nitrogen and oxygen atoms in total. The van der Waals surface area contributed by atoms with Crippen LogP contribution in [0.1, 0.15) is 17.2 Å². The molecule has 0 radical (unpaired) electrons. The number of methoxy groups -OCH3 is 1. The van der Waals surface area contributed by atoms with Gasteiger partial charge in [0.1, 0.15) is 22.8 Å². The maximum Gasteiger partial charge on any atom is 0.147 e. The SMILES string of the molecule is COc1ccc(Cl)cc1C(Nc1ccccn1)c1cc(Cl)c2cccnc2c1O. The maximum absolute atomic E-state index is 11.1. The molecule has 0 aliphatic rings. The number of hydrogen-bond donors (Lipinski definition) is 2. The van der Waals surface area contributed by atoms with Crippen LogP contribution in [0, 0.1) is 0 Å². The fourth-order valence-electron chi connectivity index (χ4n) is 3.28. The second kappa shape index (κ2) is 8.15. The number of benzene rings is 2. The number of aromatic hydroxyl groups is 1. The van der Waals surface area contributed by atoms with Gasteiger partial charge in [-0.05, 0) is 48.5 Å². The Bertz CT molecular complexity index is 1170. The second-order valence-corrected chi connectivity index (χ2v) is 7.22. The van der Waals surface area contributed by atoms with Crippen LogP contribution in [-0.4, -0.2) is 22.2 Å². The highest BCUT2D eigenvalue weighted by Gasteiger charge is 2.25. The van der Waals surface area contributed by atoms with Crippen molar-refractivity contribution in [2.75, 3.05) is 12.4 Å². The minimum absolute atomic E-state index is 0.0282. The van der Waals surface area contributed by atoms with Crippen LogP contribution in [0.4, 0.5) is 5.82 Å². The summed E-state index contributed by atoms with van der Waals surface area (Å²) in [4.78, 5) is 8.66. The summed E-state index contributed by atoms with van der Waals surface area (Å²) in [6.07, 6.45) is 3.30. The smallest absolute Gasteiger partial charge is 0.147 e. The van der Waals surface area contributed by atoms with E-state index in [2.05, 4.69) is 15.3 Å². The molecule has 2 heterocycles. The summed E-state index contributed by atoms with van der Waals surface area (Å²) in [5.74, 6) is 1.26. The number of rotatable bonds is 5. The summed E-state index contributed by atoms with van der Waals surface area (Å²) in [6.45, 7) is 0. The van der Waals surface area contributed by atoms with Gasteiger partial charge in [-0.3, -0.25) is 4.98 Å². The standard InChI is InChI=1S/C22H17Cl2N3O2/c1-29-18-8-7-13(23)11-15(18)20(27-19-6-2-3-9-25-19)16-12-17(24)14-5-4-10-26-21(14)22(16)28/h2-12,20,28H,1H3,(H,25,27). The number of pyridine rings is 2. The van der Waals surface area contributed by atoms with Gasteiger partial charge >= 0.3 is 0 Å². The van der Waals surface area contributed by atoms with E-state index in [1.54, 1.807) is 49.8 Å². The van der Waals surface area contributed by atoms with Gasteiger partial charge in [0.25, 0.3) is 0 Å². The van der Waals surface area contributed by atoms with Gasteiger partial charge in [-0.25, -0.2) is 4.98 Å². The third kappa shape index (κ3) is 3.79. The summed E-state index contributed by atoms with van der Waals surface area (Å²) in [5, 5.41) is 16.1. The Balaban J connectivity index is 1.95. The van der Waals surface area contributed by atoms with E-state index in [-0.39, 0.29) is 5.75 Å². The summed E-state index contributed by atoms with van der Waals surface area (Å²) in [6, 6.07) is 15.6. The van der Waals surface area contributed by atoms with Crippen LogP contribution in [-0.2, 0) is 0 Å². The molecular weight excluding hydrogens is 409 g/mol. The molecule has 0 aliphatic heterocycles.